The van der Waals surface area contributed by atoms with E-state index in [9.17, 15) is 17.6 Å². The van der Waals surface area contributed by atoms with Gasteiger partial charge in [-0.15, -0.1) is 0 Å². The zero-order chi connectivity index (χ0) is 14.2. The Morgan fingerprint density at radius 1 is 1.26 bits per heavy atom. The quantitative estimate of drug-likeness (QED) is 0.680. The van der Waals surface area contributed by atoms with Crippen LogP contribution in [0.5, 0.6) is 0 Å². The molecule has 0 atom stereocenters. The number of rotatable bonds is 2. The molecular formula is C11H9F4N3S. The van der Waals surface area contributed by atoms with Crippen LogP contribution in [0.15, 0.2) is 18.2 Å². The van der Waals surface area contributed by atoms with Gasteiger partial charge in [-0.05, 0) is 19.1 Å². The minimum Gasteiger partial charge on any atom is -0.206 e. The molecule has 0 aliphatic heterocycles. The molecule has 0 saturated carbocycles. The Hall–Kier alpha value is -1.57. The highest BCUT2D eigenvalue weighted by atomic mass is 32.1. The van der Waals surface area contributed by atoms with Crippen LogP contribution >= 0.6 is 12.6 Å². The van der Waals surface area contributed by atoms with E-state index >= 15 is 0 Å². The lowest BCUT2D eigenvalue weighted by molar-refractivity contribution is -0.139. The van der Waals surface area contributed by atoms with Crippen LogP contribution in [0.4, 0.5) is 17.6 Å². The molecule has 2 rings (SSSR count). The summed E-state index contributed by atoms with van der Waals surface area (Å²) in [5.41, 5.74) is -0.00451. The molecular weight excluding hydrogens is 282 g/mol. The van der Waals surface area contributed by atoms with Crippen LogP contribution in [0.2, 0.25) is 0 Å². The van der Waals surface area contributed by atoms with Crippen LogP contribution in [-0.4, -0.2) is 15.0 Å². The van der Waals surface area contributed by atoms with E-state index < -0.39 is 17.6 Å². The minimum absolute atomic E-state index is 0.127. The fourth-order valence-electron chi connectivity index (χ4n) is 1.53. The largest absolute Gasteiger partial charge is 0.419 e. The maximum atomic E-state index is 13.4. The van der Waals surface area contributed by atoms with Crippen molar-refractivity contribution in [3.8, 4) is 5.69 Å². The molecule has 1 aromatic carbocycles. The first-order valence-electron chi connectivity index (χ1n) is 5.23. The summed E-state index contributed by atoms with van der Waals surface area (Å²) >= 11 is 4.04. The van der Waals surface area contributed by atoms with Crippen LogP contribution in [0.3, 0.4) is 0 Å². The first kappa shape index (κ1) is 13.9. The summed E-state index contributed by atoms with van der Waals surface area (Å²) in [5.74, 6) is -1.01. The summed E-state index contributed by atoms with van der Waals surface area (Å²) in [7, 11) is 0. The molecule has 0 aliphatic carbocycles. The molecule has 1 aromatic heterocycles. The van der Waals surface area contributed by atoms with Crippen molar-refractivity contribution in [2.45, 2.75) is 18.9 Å². The summed E-state index contributed by atoms with van der Waals surface area (Å²) in [6.45, 7) is 1.69. The molecule has 102 valence electrons. The number of benzene rings is 1. The third kappa shape index (κ3) is 2.73. The number of halogens is 4. The number of aromatic nitrogens is 3. The molecule has 0 bridgehead atoms. The van der Waals surface area contributed by atoms with Crippen molar-refractivity contribution in [2.24, 2.45) is 0 Å². The van der Waals surface area contributed by atoms with Gasteiger partial charge >= 0.3 is 6.18 Å². The van der Waals surface area contributed by atoms with E-state index in [0.29, 0.717) is 23.2 Å². The van der Waals surface area contributed by atoms with Gasteiger partial charge in [0.05, 0.1) is 22.6 Å². The monoisotopic (exact) mass is 291 g/mol. The Labute approximate surface area is 111 Å². The van der Waals surface area contributed by atoms with E-state index in [1.54, 1.807) is 6.92 Å². The van der Waals surface area contributed by atoms with Gasteiger partial charge in [-0.25, -0.2) is 4.39 Å². The van der Waals surface area contributed by atoms with Gasteiger partial charge in [0.2, 0.25) is 0 Å². The van der Waals surface area contributed by atoms with Crippen molar-refractivity contribution >= 4 is 12.6 Å². The van der Waals surface area contributed by atoms with Gasteiger partial charge in [-0.1, -0.05) is 0 Å². The Kier molecular flexibility index (Phi) is 3.53. The lowest BCUT2D eigenvalue weighted by Crippen LogP contribution is -2.09. The van der Waals surface area contributed by atoms with Gasteiger partial charge in [0, 0.05) is 11.8 Å². The first-order chi connectivity index (χ1) is 8.82. The highest BCUT2D eigenvalue weighted by Gasteiger charge is 2.34. The highest BCUT2D eigenvalue weighted by Crippen LogP contribution is 2.32. The van der Waals surface area contributed by atoms with Crippen LogP contribution in [0.1, 0.15) is 17.0 Å². The second kappa shape index (κ2) is 4.84. The van der Waals surface area contributed by atoms with Crippen molar-refractivity contribution in [1.29, 1.82) is 0 Å². The molecule has 0 amide bonds. The molecule has 1 heterocycles. The van der Waals surface area contributed by atoms with Crippen LogP contribution in [0.25, 0.3) is 5.69 Å². The van der Waals surface area contributed by atoms with Crippen molar-refractivity contribution < 1.29 is 17.6 Å². The van der Waals surface area contributed by atoms with Gasteiger partial charge < -0.3 is 0 Å². The standard InChI is InChI=1S/C11H9F4N3S/c1-6-10(5-19)17-18(16-6)7-2-3-8(9(12)4-7)11(13,14)15/h2-4,19H,5H2,1H3. The lowest BCUT2D eigenvalue weighted by atomic mass is 10.2. The number of alkyl halides is 3. The average Bonchev–Trinajstić information content (AvgIpc) is 2.68. The second-order valence-electron chi connectivity index (χ2n) is 3.84. The highest BCUT2D eigenvalue weighted by molar-refractivity contribution is 7.79. The van der Waals surface area contributed by atoms with Crippen LogP contribution in [0, 0.1) is 12.7 Å². The smallest absolute Gasteiger partial charge is 0.206 e. The molecule has 2 aromatic rings. The fourth-order valence-corrected chi connectivity index (χ4v) is 1.82. The van der Waals surface area contributed by atoms with E-state index in [1.807, 2.05) is 0 Å². The third-order valence-corrected chi connectivity index (χ3v) is 2.82. The molecule has 0 spiro atoms. The molecule has 0 saturated heterocycles. The molecule has 0 N–H and O–H groups in total. The molecule has 0 fully saturated rings. The Balaban J connectivity index is 2.44. The summed E-state index contributed by atoms with van der Waals surface area (Å²) in [5, 5.41) is 8.01. The Morgan fingerprint density at radius 3 is 2.42 bits per heavy atom. The number of nitrogens with zero attached hydrogens (tertiary/aromatic N) is 3. The maximum Gasteiger partial charge on any atom is 0.419 e. The molecule has 19 heavy (non-hydrogen) atoms. The maximum absolute atomic E-state index is 13.4. The molecule has 0 unspecified atom stereocenters. The number of hydrogen-bond donors (Lipinski definition) is 1. The average molecular weight is 291 g/mol. The summed E-state index contributed by atoms with van der Waals surface area (Å²) in [6, 6.07) is 2.54. The van der Waals surface area contributed by atoms with E-state index in [0.717, 1.165) is 16.9 Å². The number of hydrogen-bond acceptors (Lipinski definition) is 3. The lowest BCUT2D eigenvalue weighted by Gasteiger charge is -2.08. The number of aryl methyl sites for hydroxylation is 1. The Bertz CT molecular complexity index is 606. The van der Waals surface area contributed by atoms with E-state index in [4.69, 9.17) is 0 Å². The van der Waals surface area contributed by atoms with Crippen molar-refractivity contribution in [1.82, 2.24) is 15.0 Å². The van der Waals surface area contributed by atoms with Gasteiger partial charge in [-0.2, -0.15) is 40.8 Å². The molecule has 0 aliphatic rings. The predicted octanol–water partition coefficient (Wildman–Crippen LogP) is 3.16. The molecule has 3 nitrogen and oxygen atoms in total. The van der Waals surface area contributed by atoms with Gasteiger partial charge in [0.1, 0.15) is 5.82 Å². The zero-order valence-electron chi connectivity index (χ0n) is 9.74. The molecule has 0 radical (unpaired) electrons. The third-order valence-electron chi connectivity index (χ3n) is 2.52. The van der Waals surface area contributed by atoms with Crippen molar-refractivity contribution in [2.75, 3.05) is 0 Å². The summed E-state index contributed by atoms with van der Waals surface area (Å²) in [4.78, 5) is 1.09. The van der Waals surface area contributed by atoms with Crippen molar-refractivity contribution in [3.63, 3.8) is 0 Å². The minimum atomic E-state index is -4.72. The summed E-state index contributed by atoms with van der Waals surface area (Å²) < 4.78 is 50.7. The molecule has 8 heteroatoms. The first-order valence-corrected chi connectivity index (χ1v) is 5.87. The van der Waals surface area contributed by atoms with Gasteiger partial charge in [0.15, 0.2) is 0 Å². The fraction of sp³-hybridized carbons (Fsp3) is 0.273. The van der Waals surface area contributed by atoms with E-state index in [2.05, 4.69) is 22.8 Å². The Morgan fingerprint density at radius 2 is 1.95 bits per heavy atom. The SMILES string of the molecule is Cc1nn(-c2ccc(C(F)(F)F)c(F)c2)nc1CS. The zero-order valence-corrected chi connectivity index (χ0v) is 10.6. The van der Waals surface area contributed by atoms with Crippen LogP contribution < -0.4 is 0 Å². The topological polar surface area (TPSA) is 30.7 Å². The van der Waals surface area contributed by atoms with E-state index in [1.165, 1.54) is 0 Å². The number of thiol groups is 1. The van der Waals surface area contributed by atoms with Gasteiger partial charge in [-0.3, -0.25) is 0 Å². The van der Waals surface area contributed by atoms with Crippen LogP contribution in [-0.2, 0) is 11.9 Å². The second-order valence-corrected chi connectivity index (χ2v) is 4.16. The van der Waals surface area contributed by atoms with Crippen molar-refractivity contribution in [3.05, 3.63) is 41.0 Å². The van der Waals surface area contributed by atoms with E-state index in [-0.39, 0.29) is 5.69 Å². The predicted molar refractivity (Wildman–Crippen MR) is 63.7 cm³/mol. The normalized spacial score (nSPS) is 11.9. The van der Waals surface area contributed by atoms with Gasteiger partial charge in [0.25, 0.3) is 0 Å². The summed E-state index contributed by atoms with van der Waals surface area (Å²) in [6.07, 6.45) is -4.72.